The molecule has 0 aliphatic carbocycles. The molecule has 1 aromatic heterocycles. The summed E-state index contributed by atoms with van der Waals surface area (Å²) in [5.41, 5.74) is 0.653. The highest BCUT2D eigenvalue weighted by molar-refractivity contribution is 5.90. The number of hydrogen-bond acceptors (Lipinski definition) is 2. The molecule has 0 saturated heterocycles. The summed E-state index contributed by atoms with van der Waals surface area (Å²) < 4.78 is 78.2. The van der Waals surface area contributed by atoms with E-state index in [9.17, 15) is 26.3 Å². The molecule has 9 heteroatoms. The van der Waals surface area contributed by atoms with Crippen LogP contribution < -0.4 is 5.32 Å². The van der Waals surface area contributed by atoms with Crippen LogP contribution in [0.2, 0.25) is 0 Å². The molecule has 4 rings (SSSR count). The molecular formula is C23H17F6N3. The van der Waals surface area contributed by atoms with E-state index in [1.54, 1.807) is 4.68 Å². The van der Waals surface area contributed by atoms with Crippen LogP contribution in [0.3, 0.4) is 0 Å². The summed E-state index contributed by atoms with van der Waals surface area (Å²) in [6, 6.07) is 17.1. The molecule has 1 N–H and O–H groups in total. The van der Waals surface area contributed by atoms with Crippen molar-refractivity contribution in [2.75, 3.05) is 5.32 Å². The molecule has 3 nitrogen and oxygen atoms in total. The minimum Gasteiger partial charge on any atom is -0.364 e. The number of aromatic nitrogens is 2. The lowest BCUT2D eigenvalue weighted by Gasteiger charge is -2.09. The number of anilines is 1. The van der Waals surface area contributed by atoms with Crippen molar-refractivity contribution in [1.82, 2.24) is 9.78 Å². The van der Waals surface area contributed by atoms with Gasteiger partial charge in [0.05, 0.1) is 23.2 Å². The normalized spacial score (nSPS) is 12.3. The monoisotopic (exact) mass is 449 g/mol. The zero-order valence-corrected chi connectivity index (χ0v) is 16.5. The van der Waals surface area contributed by atoms with E-state index in [2.05, 4.69) is 10.4 Å². The Kier molecular flexibility index (Phi) is 5.58. The van der Waals surface area contributed by atoms with Crippen molar-refractivity contribution >= 4 is 16.7 Å². The van der Waals surface area contributed by atoms with Crippen molar-refractivity contribution < 1.29 is 26.3 Å². The topological polar surface area (TPSA) is 29.9 Å². The molecule has 1 heterocycles. The molecule has 0 spiro atoms. The van der Waals surface area contributed by atoms with Gasteiger partial charge in [-0.05, 0) is 47.5 Å². The summed E-state index contributed by atoms with van der Waals surface area (Å²) in [5, 5.41) is 8.46. The number of fused-ring (bicyclic) bond motifs is 1. The first-order valence-electron chi connectivity index (χ1n) is 9.63. The van der Waals surface area contributed by atoms with E-state index in [1.807, 2.05) is 24.3 Å². The summed E-state index contributed by atoms with van der Waals surface area (Å²) in [4.78, 5) is 0. The van der Waals surface area contributed by atoms with Crippen LogP contribution in [0.15, 0.2) is 72.8 Å². The first kappa shape index (κ1) is 21.7. The van der Waals surface area contributed by atoms with Gasteiger partial charge in [-0.1, -0.05) is 36.4 Å². The van der Waals surface area contributed by atoms with Crippen LogP contribution in [-0.4, -0.2) is 9.78 Å². The quantitative estimate of drug-likeness (QED) is 0.342. The summed E-state index contributed by atoms with van der Waals surface area (Å²) >= 11 is 0. The number of para-hydroxylation sites is 1. The van der Waals surface area contributed by atoms with Gasteiger partial charge in [0.1, 0.15) is 0 Å². The molecule has 0 saturated carbocycles. The van der Waals surface area contributed by atoms with E-state index in [0.717, 1.165) is 35.2 Å². The molecule has 0 unspecified atom stereocenters. The highest BCUT2D eigenvalue weighted by Crippen LogP contribution is 2.31. The van der Waals surface area contributed by atoms with Gasteiger partial charge in [0, 0.05) is 11.9 Å². The Hall–Kier alpha value is -3.49. The van der Waals surface area contributed by atoms with Gasteiger partial charge in [-0.3, -0.25) is 4.68 Å². The maximum absolute atomic E-state index is 12.8. The first-order valence-corrected chi connectivity index (χ1v) is 9.63. The minimum atomic E-state index is -4.40. The van der Waals surface area contributed by atoms with Gasteiger partial charge in [0.25, 0.3) is 0 Å². The lowest BCUT2D eigenvalue weighted by molar-refractivity contribution is -0.138. The summed E-state index contributed by atoms with van der Waals surface area (Å²) in [7, 11) is 0. The van der Waals surface area contributed by atoms with E-state index in [4.69, 9.17) is 0 Å². The number of hydrogen-bond donors (Lipinski definition) is 1. The Morgan fingerprint density at radius 3 is 1.78 bits per heavy atom. The molecular weight excluding hydrogens is 432 g/mol. The number of halogens is 6. The van der Waals surface area contributed by atoms with Crippen molar-refractivity contribution in [3.63, 3.8) is 0 Å². The molecule has 0 aliphatic heterocycles. The van der Waals surface area contributed by atoms with Crippen LogP contribution in [0.25, 0.3) is 10.9 Å². The number of alkyl halides is 6. The van der Waals surface area contributed by atoms with Crippen LogP contribution in [-0.2, 0) is 25.4 Å². The highest BCUT2D eigenvalue weighted by Gasteiger charge is 2.30. The smallest absolute Gasteiger partial charge is 0.364 e. The average Bonchev–Trinajstić information content (AvgIpc) is 3.09. The molecule has 0 amide bonds. The van der Waals surface area contributed by atoms with E-state index in [0.29, 0.717) is 16.9 Å². The van der Waals surface area contributed by atoms with Crippen molar-refractivity contribution in [2.24, 2.45) is 0 Å². The maximum Gasteiger partial charge on any atom is 0.416 e. The third kappa shape index (κ3) is 4.71. The third-order valence-corrected chi connectivity index (χ3v) is 5.01. The molecule has 32 heavy (non-hydrogen) atoms. The number of nitrogens with one attached hydrogen (secondary N) is 1. The Balaban J connectivity index is 1.54. The maximum atomic E-state index is 12.8. The van der Waals surface area contributed by atoms with E-state index in [-0.39, 0.29) is 13.1 Å². The molecule has 0 aliphatic rings. The van der Waals surface area contributed by atoms with Crippen LogP contribution >= 0.6 is 0 Å². The SMILES string of the molecule is FC(F)(F)c1ccc(CNc2nn(Cc3ccc(C(F)(F)F)cc3)c3ccccc23)cc1. The molecule has 4 aromatic rings. The zero-order chi connectivity index (χ0) is 22.9. The number of nitrogens with zero attached hydrogens (tertiary/aromatic N) is 2. The van der Waals surface area contributed by atoms with Gasteiger partial charge in [0.15, 0.2) is 5.82 Å². The predicted octanol–water partition coefficient (Wildman–Crippen LogP) is 6.73. The van der Waals surface area contributed by atoms with Crippen LogP contribution in [0.5, 0.6) is 0 Å². The summed E-state index contributed by atoms with van der Waals surface area (Å²) in [5.74, 6) is 0.535. The van der Waals surface area contributed by atoms with Gasteiger partial charge in [-0.15, -0.1) is 0 Å². The Bertz CT molecular complexity index is 1210. The Morgan fingerprint density at radius 1 is 0.688 bits per heavy atom. The van der Waals surface area contributed by atoms with Crippen LogP contribution in [0.4, 0.5) is 32.2 Å². The first-order chi connectivity index (χ1) is 15.1. The lowest BCUT2D eigenvalue weighted by atomic mass is 10.1. The second-order valence-electron chi connectivity index (χ2n) is 7.27. The van der Waals surface area contributed by atoms with Gasteiger partial charge >= 0.3 is 12.4 Å². The standard InChI is InChI=1S/C23H17F6N3/c24-22(25,26)17-9-5-15(6-10-17)13-30-21-19-3-1-2-4-20(19)32(31-21)14-16-7-11-18(12-8-16)23(27,28)29/h1-12H,13-14H2,(H,30,31). The Morgan fingerprint density at radius 2 is 1.22 bits per heavy atom. The molecule has 166 valence electrons. The fraction of sp³-hybridized carbons (Fsp3) is 0.174. The minimum absolute atomic E-state index is 0.263. The van der Waals surface area contributed by atoms with Crippen molar-refractivity contribution in [3.8, 4) is 0 Å². The largest absolute Gasteiger partial charge is 0.416 e. The Labute approximate surface area is 179 Å². The second-order valence-corrected chi connectivity index (χ2v) is 7.27. The zero-order valence-electron chi connectivity index (χ0n) is 16.5. The molecule has 0 bridgehead atoms. The van der Waals surface area contributed by atoms with Crippen molar-refractivity contribution in [3.05, 3.63) is 95.1 Å². The van der Waals surface area contributed by atoms with Gasteiger partial charge in [-0.2, -0.15) is 31.4 Å². The summed E-state index contributed by atoms with van der Waals surface area (Å²) in [6.07, 6.45) is -8.79. The van der Waals surface area contributed by atoms with Crippen molar-refractivity contribution in [1.29, 1.82) is 0 Å². The van der Waals surface area contributed by atoms with Gasteiger partial charge in [0.2, 0.25) is 0 Å². The average molecular weight is 449 g/mol. The van der Waals surface area contributed by atoms with Gasteiger partial charge < -0.3 is 5.32 Å². The van der Waals surface area contributed by atoms with Gasteiger partial charge in [-0.25, -0.2) is 0 Å². The van der Waals surface area contributed by atoms with Crippen LogP contribution in [0, 0.1) is 0 Å². The highest BCUT2D eigenvalue weighted by atomic mass is 19.4. The van der Waals surface area contributed by atoms with Crippen molar-refractivity contribution in [2.45, 2.75) is 25.4 Å². The molecule has 3 aromatic carbocycles. The molecule has 0 radical (unpaired) electrons. The second kappa shape index (κ2) is 8.22. The van der Waals surface area contributed by atoms with E-state index in [1.165, 1.54) is 24.3 Å². The fourth-order valence-electron chi connectivity index (χ4n) is 3.35. The van der Waals surface area contributed by atoms with E-state index >= 15 is 0 Å². The van der Waals surface area contributed by atoms with Crippen LogP contribution in [0.1, 0.15) is 22.3 Å². The molecule has 0 fully saturated rings. The van der Waals surface area contributed by atoms with E-state index < -0.39 is 23.5 Å². The summed E-state index contributed by atoms with van der Waals surface area (Å²) in [6.45, 7) is 0.528. The predicted molar refractivity (Wildman–Crippen MR) is 109 cm³/mol. The third-order valence-electron chi connectivity index (χ3n) is 5.01. The lowest BCUT2D eigenvalue weighted by Crippen LogP contribution is -2.07. The fourth-order valence-corrected chi connectivity index (χ4v) is 3.35. The molecule has 0 atom stereocenters. The number of rotatable bonds is 5. The number of benzene rings is 3.